The van der Waals surface area contributed by atoms with Crippen molar-refractivity contribution in [2.24, 2.45) is 11.7 Å². The normalized spacial score (nSPS) is 23.9. The summed E-state index contributed by atoms with van der Waals surface area (Å²) in [5.41, 5.74) is 8.06. The Kier molecular flexibility index (Phi) is 3.31. The van der Waals surface area contributed by atoms with E-state index in [0.29, 0.717) is 5.92 Å². The lowest BCUT2D eigenvalue weighted by Gasteiger charge is -2.12. The minimum absolute atomic E-state index is 0.282. The van der Waals surface area contributed by atoms with Crippen molar-refractivity contribution >= 4 is 0 Å². The first-order valence-electron chi connectivity index (χ1n) is 6.67. The zero-order valence-electron chi connectivity index (χ0n) is 11.1. The zero-order valence-corrected chi connectivity index (χ0v) is 11.1. The molecule has 2 aromatic rings. The second kappa shape index (κ2) is 5.11. The maximum atomic E-state index is 6.04. The van der Waals surface area contributed by atoms with E-state index in [1.54, 1.807) is 0 Å². The van der Waals surface area contributed by atoms with Crippen molar-refractivity contribution in [2.75, 3.05) is 13.1 Å². The van der Waals surface area contributed by atoms with E-state index >= 15 is 0 Å². The highest BCUT2D eigenvalue weighted by Crippen LogP contribution is 2.16. The molecule has 0 amide bonds. The van der Waals surface area contributed by atoms with Gasteiger partial charge in [-0.2, -0.15) is 0 Å². The highest BCUT2D eigenvalue weighted by Gasteiger charge is 2.26. The van der Waals surface area contributed by atoms with Crippen LogP contribution in [-0.4, -0.2) is 39.0 Å². The molecule has 1 aliphatic heterocycles. The Labute approximate surface area is 113 Å². The summed E-state index contributed by atoms with van der Waals surface area (Å²) in [6.07, 6.45) is 1.99. The van der Waals surface area contributed by atoms with Gasteiger partial charge in [-0.3, -0.25) is 4.90 Å². The van der Waals surface area contributed by atoms with Crippen molar-refractivity contribution in [3.05, 3.63) is 42.2 Å². The van der Waals surface area contributed by atoms with Crippen LogP contribution in [0.25, 0.3) is 5.69 Å². The Morgan fingerprint density at radius 1 is 1.26 bits per heavy atom. The largest absolute Gasteiger partial charge is 0.326 e. The van der Waals surface area contributed by atoms with E-state index in [-0.39, 0.29) is 6.04 Å². The average Bonchev–Trinajstić information content (AvgIpc) is 2.99. The number of para-hydroxylation sites is 1. The maximum absolute atomic E-state index is 6.04. The molecule has 2 unspecified atom stereocenters. The molecule has 2 N–H and O–H groups in total. The Hall–Kier alpha value is -1.72. The smallest absolute Gasteiger partial charge is 0.0971 e. The SMILES string of the molecule is CC1CN(Cc2cn(-c3ccccc3)nn2)CC1N. The van der Waals surface area contributed by atoms with Gasteiger partial charge >= 0.3 is 0 Å². The van der Waals surface area contributed by atoms with Crippen molar-refractivity contribution in [1.82, 2.24) is 19.9 Å². The van der Waals surface area contributed by atoms with Crippen LogP contribution >= 0.6 is 0 Å². The van der Waals surface area contributed by atoms with Gasteiger partial charge in [-0.25, -0.2) is 4.68 Å². The fourth-order valence-corrected chi connectivity index (χ4v) is 2.53. The Morgan fingerprint density at radius 3 is 2.74 bits per heavy atom. The average molecular weight is 257 g/mol. The topological polar surface area (TPSA) is 60.0 Å². The van der Waals surface area contributed by atoms with Gasteiger partial charge in [-0.15, -0.1) is 5.10 Å². The van der Waals surface area contributed by atoms with Crippen molar-refractivity contribution < 1.29 is 0 Å². The summed E-state index contributed by atoms with van der Waals surface area (Å²) in [4.78, 5) is 2.34. The van der Waals surface area contributed by atoms with Crippen molar-refractivity contribution in [3.8, 4) is 5.69 Å². The number of nitrogens with zero attached hydrogens (tertiary/aromatic N) is 4. The first-order valence-corrected chi connectivity index (χ1v) is 6.67. The highest BCUT2D eigenvalue weighted by molar-refractivity contribution is 5.29. The van der Waals surface area contributed by atoms with E-state index in [4.69, 9.17) is 5.73 Å². The van der Waals surface area contributed by atoms with Crippen molar-refractivity contribution in [2.45, 2.75) is 19.5 Å². The molecule has 5 heteroatoms. The summed E-state index contributed by atoms with van der Waals surface area (Å²) in [6, 6.07) is 10.3. The Bertz CT molecular complexity index is 526. The lowest BCUT2D eigenvalue weighted by atomic mass is 10.1. The van der Waals surface area contributed by atoms with Crippen LogP contribution in [0, 0.1) is 5.92 Å². The summed E-state index contributed by atoms with van der Waals surface area (Å²) in [5.74, 6) is 0.559. The molecule has 1 aliphatic rings. The molecule has 1 saturated heterocycles. The van der Waals surface area contributed by atoms with Crippen molar-refractivity contribution in [1.29, 1.82) is 0 Å². The molecule has 2 heterocycles. The summed E-state index contributed by atoms with van der Waals surface area (Å²) >= 11 is 0. The van der Waals surface area contributed by atoms with Crippen LogP contribution in [0.2, 0.25) is 0 Å². The standard InChI is InChI=1S/C14H19N5/c1-11-7-18(10-14(11)15)8-12-9-19(17-16-12)13-5-3-2-4-6-13/h2-6,9,11,14H,7-8,10,15H2,1H3. The van der Waals surface area contributed by atoms with Gasteiger partial charge in [0.15, 0.2) is 0 Å². The van der Waals surface area contributed by atoms with Gasteiger partial charge in [0.1, 0.15) is 0 Å². The maximum Gasteiger partial charge on any atom is 0.0971 e. The molecule has 0 bridgehead atoms. The third kappa shape index (κ3) is 2.67. The minimum atomic E-state index is 0.282. The molecule has 2 atom stereocenters. The van der Waals surface area contributed by atoms with Gasteiger partial charge in [0, 0.05) is 25.7 Å². The number of nitrogens with two attached hydrogens (primary N) is 1. The lowest BCUT2D eigenvalue weighted by molar-refractivity contribution is 0.315. The third-order valence-electron chi connectivity index (χ3n) is 3.69. The molecule has 0 saturated carbocycles. The molecule has 0 spiro atoms. The molecule has 1 aromatic carbocycles. The number of likely N-dealkylation sites (tertiary alicyclic amines) is 1. The van der Waals surface area contributed by atoms with E-state index in [9.17, 15) is 0 Å². The summed E-state index contributed by atoms with van der Waals surface area (Å²) < 4.78 is 1.81. The number of hydrogen-bond donors (Lipinski definition) is 1. The van der Waals surface area contributed by atoms with Gasteiger partial charge < -0.3 is 5.73 Å². The van der Waals surface area contributed by atoms with Gasteiger partial charge in [-0.1, -0.05) is 30.3 Å². The molecule has 1 fully saturated rings. The summed E-state index contributed by atoms with van der Waals surface area (Å²) in [5, 5.41) is 8.41. The second-order valence-corrected chi connectivity index (χ2v) is 5.33. The predicted molar refractivity (Wildman–Crippen MR) is 73.8 cm³/mol. The first kappa shape index (κ1) is 12.3. The fraction of sp³-hybridized carbons (Fsp3) is 0.429. The number of aromatic nitrogens is 3. The Balaban J connectivity index is 1.69. The molecule has 0 radical (unpaired) electrons. The van der Waals surface area contributed by atoms with Gasteiger partial charge in [0.05, 0.1) is 17.6 Å². The molecular formula is C14H19N5. The summed E-state index contributed by atoms with van der Waals surface area (Å²) in [7, 11) is 0. The van der Waals surface area contributed by atoms with Gasteiger partial charge in [-0.05, 0) is 18.1 Å². The second-order valence-electron chi connectivity index (χ2n) is 5.33. The molecule has 5 nitrogen and oxygen atoms in total. The molecule has 3 rings (SSSR count). The van der Waals surface area contributed by atoms with E-state index in [1.165, 1.54) is 0 Å². The monoisotopic (exact) mass is 257 g/mol. The van der Waals surface area contributed by atoms with E-state index < -0.39 is 0 Å². The highest BCUT2D eigenvalue weighted by atomic mass is 15.4. The Morgan fingerprint density at radius 2 is 2.05 bits per heavy atom. The number of rotatable bonds is 3. The molecule has 19 heavy (non-hydrogen) atoms. The van der Waals surface area contributed by atoms with E-state index in [1.807, 2.05) is 41.2 Å². The van der Waals surface area contributed by atoms with Crippen LogP contribution in [0.1, 0.15) is 12.6 Å². The molecule has 1 aromatic heterocycles. The van der Waals surface area contributed by atoms with Gasteiger partial charge in [0.25, 0.3) is 0 Å². The van der Waals surface area contributed by atoms with Crippen LogP contribution < -0.4 is 5.73 Å². The predicted octanol–water partition coefficient (Wildman–Crippen LogP) is 1.05. The van der Waals surface area contributed by atoms with E-state index in [2.05, 4.69) is 22.1 Å². The van der Waals surface area contributed by atoms with Crippen LogP contribution in [0.4, 0.5) is 0 Å². The first-order chi connectivity index (χ1) is 9.22. The molecule has 100 valence electrons. The van der Waals surface area contributed by atoms with E-state index in [0.717, 1.165) is 31.0 Å². The van der Waals surface area contributed by atoms with Gasteiger partial charge in [0.2, 0.25) is 0 Å². The van der Waals surface area contributed by atoms with Crippen molar-refractivity contribution in [3.63, 3.8) is 0 Å². The quantitative estimate of drug-likeness (QED) is 0.892. The zero-order chi connectivity index (χ0) is 13.2. The minimum Gasteiger partial charge on any atom is -0.326 e. The molecular weight excluding hydrogens is 238 g/mol. The molecule has 0 aliphatic carbocycles. The van der Waals surface area contributed by atoms with Crippen LogP contribution in [0.3, 0.4) is 0 Å². The lowest BCUT2D eigenvalue weighted by Crippen LogP contribution is -2.28. The fourth-order valence-electron chi connectivity index (χ4n) is 2.53. The number of hydrogen-bond acceptors (Lipinski definition) is 4. The summed E-state index contributed by atoms with van der Waals surface area (Å²) in [6.45, 7) is 5.01. The van der Waals surface area contributed by atoms with Crippen LogP contribution in [0.15, 0.2) is 36.5 Å². The third-order valence-corrected chi connectivity index (χ3v) is 3.69. The van der Waals surface area contributed by atoms with Crippen LogP contribution in [-0.2, 0) is 6.54 Å². The van der Waals surface area contributed by atoms with Crippen LogP contribution in [0.5, 0.6) is 0 Å². The number of benzene rings is 1.